The van der Waals surface area contributed by atoms with Gasteiger partial charge >= 0.3 is 6.18 Å². The van der Waals surface area contributed by atoms with E-state index in [1.807, 2.05) is 31.2 Å². The zero-order chi connectivity index (χ0) is 20.0. The fraction of sp³-hybridized carbons (Fsp3) is 0.238. The normalized spacial score (nSPS) is 11.3. The Morgan fingerprint density at radius 1 is 0.929 bits per heavy atom. The standard InChI is InChI=1S/C21H21F3N4/c1-15-14-19(25-13-5-8-16-6-3-2-4-7-16)28-20(26-15)27-18-11-9-17(10-12-18)21(22,23)24/h2-4,6-7,9-12,14H,5,8,13H2,1H3,(H2,25,26,27,28). The van der Waals surface area contributed by atoms with E-state index in [9.17, 15) is 13.2 Å². The summed E-state index contributed by atoms with van der Waals surface area (Å²) in [6.45, 7) is 2.60. The first kappa shape index (κ1) is 19.7. The summed E-state index contributed by atoms with van der Waals surface area (Å²) < 4.78 is 38.0. The SMILES string of the molecule is Cc1cc(NCCCc2ccccc2)nc(Nc2ccc(C(F)(F)F)cc2)n1. The molecule has 1 aromatic heterocycles. The molecule has 2 aromatic carbocycles. The van der Waals surface area contributed by atoms with Crippen LogP contribution in [0.1, 0.15) is 23.2 Å². The molecule has 3 aromatic rings. The first-order valence-corrected chi connectivity index (χ1v) is 8.98. The van der Waals surface area contributed by atoms with Crippen LogP contribution in [0.25, 0.3) is 0 Å². The Kier molecular flexibility index (Phi) is 6.13. The second-order valence-corrected chi connectivity index (χ2v) is 6.43. The molecule has 0 aliphatic carbocycles. The second kappa shape index (κ2) is 8.73. The smallest absolute Gasteiger partial charge is 0.370 e. The zero-order valence-corrected chi connectivity index (χ0v) is 15.4. The van der Waals surface area contributed by atoms with E-state index < -0.39 is 11.7 Å². The van der Waals surface area contributed by atoms with Crippen molar-refractivity contribution in [1.82, 2.24) is 9.97 Å². The van der Waals surface area contributed by atoms with Crippen LogP contribution in [0.2, 0.25) is 0 Å². The maximum Gasteiger partial charge on any atom is 0.416 e. The lowest BCUT2D eigenvalue weighted by molar-refractivity contribution is -0.137. The van der Waals surface area contributed by atoms with Crippen molar-refractivity contribution in [3.05, 3.63) is 77.5 Å². The van der Waals surface area contributed by atoms with E-state index in [1.54, 1.807) is 0 Å². The Morgan fingerprint density at radius 3 is 2.32 bits per heavy atom. The Morgan fingerprint density at radius 2 is 1.64 bits per heavy atom. The van der Waals surface area contributed by atoms with Gasteiger partial charge < -0.3 is 10.6 Å². The Hall–Kier alpha value is -3.09. The van der Waals surface area contributed by atoms with Crippen molar-refractivity contribution in [3.63, 3.8) is 0 Å². The molecule has 0 saturated carbocycles. The van der Waals surface area contributed by atoms with E-state index in [0.717, 1.165) is 37.2 Å². The number of aromatic nitrogens is 2. The maximum absolute atomic E-state index is 12.7. The van der Waals surface area contributed by atoms with Crippen LogP contribution in [-0.2, 0) is 12.6 Å². The molecule has 0 radical (unpaired) electrons. The molecule has 1 heterocycles. The number of aryl methyl sites for hydroxylation is 2. The number of nitrogens with zero attached hydrogens (tertiary/aromatic N) is 2. The van der Waals surface area contributed by atoms with Crippen LogP contribution in [0.3, 0.4) is 0 Å². The molecule has 0 unspecified atom stereocenters. The molecule has 3 rings (SSSR count). The summed E-state index contributed by atoms with van der Waals surface area (Å²) in [5.41, 5.74) is 1.85. The molecular formula is C21H21F3N4. The van der Waals surface area contributed by atoms with Gasteiger partial charge in [0.05, 0.1) is 5.56 Å². The van der Waals surface area contributed by atoms with Gasteiger partial charge in [0, 0.05) is 24.0 Å². The lowest BCUT2D eigenvalue weighted by Crippen LogP contribution is -2.08. The van der Waals surface area contributed by atoms with Crippen LogP contribution in [0.15, 0.2) is 60.7 Å². The lowest BCUT2D eigenvalue weighted by atomic mass is 10.1. The molecular weight excluding hydrogens is 365 g/mol. The van der Waals surface area contributed by atoms with Gasteiger partial charge in [0.2, 0.25) is 5.95 Å². The molecule has 2 N–H and O–H groups in total. The molecule has 146 valence electrons. The summed E-state index contributed by atoms with van der Waals surface area (Å²) in [5.74, 6) is 1.01. The third kappa shape index (κ3) is 5.70. The number of rotatable bonds is 7. The van der Waals surface area contributed by atoms with Gasteiger partial charge in [-0.05, 0) is 49.6 Å². The van der Waals surface area contributed by atoms with Gasteiger partial charge in [-0.15, -0.1) is 0 Å². The van der Waals surface area contributed by atoms with Gasteiger partial charge in [-0.3, -0.25) is 0 Å². The zero-order valence-electron chi connectivity index (χ0n) is 15.4. The molecule has 0 spiro atoms. The highest BCUT2D eigenvalue weighted by Crippen LogP contribution is 2.30. The van der Waals surface area contributed by atoms with Crippen molar-refractivity contribution < 1.29 is 13.2 Å². The van der Waals surface area contributed by atoms with Crippen molar-refractivity contribution >= 4 is 17.5 Å². The van der Waals surface area contributed by atoms with Crippen LogP contribution in [0, 0.1) is 6.92 Å². The maximum atomic E-state index is 12.7. The lowest BCUT2D eigenvalue weighted by Gasteiger charge is -2.11. The number of hydrogen-bond donors (Lipinski definition) is 2. The minimum Gasteiger partial charge on any atom is -0.370 e. The first-order valence-electron chi connectivity index (χ1n) is 8.98. The monoisotopic (exact) mass is 386 g/mol. The fourth-order valence-corrected chi connectivity index (χ4v) is 2.74. The molecule has 0 bridgehead atoms. The van der Waals surface area contributed by atoms with Gasteiger partial charge in [0.15, 0.2) is 0 Å². The molecule has 0 aliphatic heterocycles. The molecule has 0 saturated heterocycles. The fourth-order valence-electron chi connectivity index (χ4n) is 2.74. The number of alkyl halides is 3. The summed E-state index contributed by atoms with van der Waals surface area (Å²) >= 11 is 0. The van der Waals surface area contributed by atoms with Crippen molar-refractivity contribution in [2.75, 3.05) is 17.2 Å². The van der Waals surface area contributed by atoms with Gasteiger partial charge in [-0.25, -0.2) is 4.98 Å². The number of anilines is 3. The highest BCUT2D eigenvalue weighted by atomic mass is 19.4. The molecule has 0 atom stereocenters. The Bertz CT molecular complexity index is 894. The summed E-state index contributed by atoms with van der Waals surface area (Å²) in [4.78, 5) is 8.68. The summed E-state index contributed by atoms with van der Waals surface area (Å²) in [6.07, 6.45) is -2.43. The third-order valence-electron chi connectivity index (χ3n) is 4.11. The van der Waals surface area contributed by atoms with Crippen molar-refractivity contribution in [3.8, 4) is 0 Å². The highest BCUT2D eigenvalue weighted by molar-refractivity contribution is 5.55. The molecule has 7 heteroatoms. The van der Waals surface area contributed by atoms with Crippen molar-refractivity contribution in [1.29, 1.82) is 0 Å². The minimum atomic E-state index is -4.35. The average Bonchev–Trinajstić information content (AvgIpc) is 2.65. The van der Waals surface area contributed by atoms with Crippen molar-refractivity contribution in [2.24, 2.45) is 0 Å². The summed E-state index contributed by atoms with van der Waals surface area (Å²) in [7, 11) is 0. The van der Waals surface area contributed by atoms with Gasteiger partial charge in [-0.1, -0.05) is 30.3 Å². The third-order valence-corrected chi connectivity index (χ3v) is 4.11. The van der Waals surface area contributed by atoms with Gasteiger partial charge in [0.25, 0.3) is 0 Å². The van der Waals surface area contributed by atoms with Crippen molar-refractivity contribution in [2.45, 2.75) is 25.9 Å². The predicted octanol–water partition coefficient (Wildman–Crippen LogP) is 5.59. The number of benzene rings is 2. The Balaban J connectivity index is 1.58. The topological polar surface area (TPSA) is 49.8 Å². The Labute approximate surface area is 161 Å². The van der Waals surface area contributed by atoms with Crippen LogP contribution in [0.4, 0.5) is 30.6 Å². The minimum absolute atomic E-state index is 0.338. The number of hydrogen-bond acceptors (Lipinski definition) is 4. The van der Waals surface area contributed by atoms with E-state index in [1.165, 1.54) is 17.7 Å². The van der Waals surface area contributed by atoms with E-state index >= 15 is 0 Å². The van der Waals surface area contributed by atoms with Crippen LogP contribution in [-0.4, -0.2) is 16.5 Å². The average molecular weight is 386 g/mol. The molecule has 0 fully saturated rings. The summed E-state index contributed by atoms with van der Waals surface area (Å²) in [5, 5.41) is 6.22. The largest absolute Gasteiger partial charge is 0.416 e. The summed E-state index contributed by atoms with van der Waals surface area (Å²) in [6, 6.07) is 16.9. The molecule has 0 amide bonds. The molecule has 28 heavy (non-hydrogen) atoms. The van der Waals surface area contributed by atoms with E-state index in [2.05, 4.69) is 32.7 Å². The van der Waals surface area contributed by atoms with Gasteiger partial charge in [0.1, 0.15) is 5.82 Å². The number of nitrogens with one attached hydrogen (secondary N) is 2. The van der Waals surface area contributed by atoms with E-state index in [-0.39, 0.29) is 0 Å². The quantitative estimate of drug-likeness (QED) is 0.520. The van der Waals surface area contributed by atoms with Crippen LogP contribution in [0.5, 0.6) is 0 Å². The molecule has 0 aliphatic rings. The van der Waals surface area contributed by atoms with Crippen LogP contribution >= 0.6 is 0 Å². The predicted molar refractivity (Wildman–Crippen MR) is 105 cm³/mol. The highest BCUT2D eigenvalue weighted by Gasteiger charge is 2.29. The van der Waals surface area contributed by atoms with Crippen LogP contribution < -0.4 is 10.6 Å². The molecule has 4 nitrogen and oxygen atoms in total. The van der Waals surface area contributed by atoms with E-state index in [4.69, 9.17) is 0 Å². The second-order valence-electron chi connectivity index (χ2n) is 6.43. The van der Waals surface area contributed by atoms with Gasteiger partial charge in [-0.2, -0.15) is 18.2 Å². The number of halogens is 3. The first-order chi connectivity index (χ1) is 13.4. The van der Waals surface area contributed by atoms with E-state index in [0.29, 0.717) is 17.5 Å².